The second kappa shape index (κ2) is 19.5. The van der Waals surface area contributed by atoms with E-state index in [4.69, 9.17) is 4.33 Å². The molecule has 8 nitrogen and oxygen atoms in total. The van der Waals surface area contributed by atoms with Crippen molar-refractivity contribution in [3.05, 3.63) is 156 Å². The van der Waals surface area contributed by atoms with E-state index in [1.165, 1.54) is 52.8 Å². The van der Waals surface area contributed by atoms with Gasteiger partial charge in [-0.2, -0.15) is 13.0 Å². The fraction of sp³-hybridized carbons (Fsp3) is 0.312. The van der Waals surface area contributed by atoms with Crippen LogP contribution in [0.1, 0.15) is 64.5 Å². The lowest BCUT2D eigenvalue weighted by atomic mass is 9.81. The van der Waals surface area contributed by atoms with Crippen molar-refractivity contribution in [3.63, 3.8) is 0 Å². The molecule has 0 atom stereocenters. The van der Waals surface area contributed by atoms with Crippen LogP contribution in [0.15, 0.2) is 145 Å². The molecular formula is C48H55N2O6S2+. The largest absolute Gasteiger partial charge is 0.344 e. The molecule has 2 heterocycles. The average molecular weight is 820 g/mol. The van der Waals surface area contributed by atoms with Crippen LogP contribution in [0.4, 0.5) is 11.4 Å². The number of nitrogens with zero attached hydrogens (tertiary/aromatic N) is 2. The maximum Gasteiger partial charge on any atom is 0.264 e. The molecule has 0 radical (unpaired) electrons. The monoisotopic (exact) mass is 819 g/mol. The minimum Gasteiger partial charge on any atom is -0.344 e. The summed E-state index contributed by atoms with van der Waals surface area (Å²) in [6.45, 7) is 10.6. The van der Waals surface area contributed by atoms with Gasteiger partial charge in [-0.1, -0.05) is 134 Å². The van der Waals surface area contributed by atoms with Crippen molar-refractivity contribution in [1.82, 2.24) is 0 Å². The molecule has 1 N–H and O–H groups in total. The van der Waals surface area contributed by atoms with E-state index in [0.717, 1.165) is 47.7 Å². The van der Waals surface area contributed by atoms with E-state index in [9.17, 15) is 13.0 Å². The first-order chi connectivity index (χ1) is 27.9. The van der Waals surface area contributed by atoms with Gasteiger partial charge < -0.3 is 4.90 Å². The van der Waals surface area contributed by atoms with Crippen molar-refractivity contribution in [3.8, 4) is 22.3 Å². The predicted molar refractivity (Wildman–Crippen MR) is 239 cm³/mol. The molecule has 0 spiro atoms. The van der Waals surface area contributed by atoms with Crippen molar-refractivity contribution < 1.29 is 31.8 Å². The lowest BCUT2D eigenvalue weighted by Gasteiger charge is -2.27. The molecule has 0 unspecified atom stereocenters. The third-order valence-corrected chi connectivity index (χ3v) is 12.4. The third kappa shape index (κ3) is 10.4. The summed E-state index contributed by atoms with van der Waals surface area (Å²) < 4.78 is 39.5. The summed E-state index contributed by atoms with van der Waals surface area (Å²) in [4.78, 5) is 6.98. The summed E-state index contributed by atoms with van der Waals surface area (Å²) in [6.07, 6.45) is 17.7. The SMILES string of the molecule is COOOSCCCCN1/C(=C/C=C/C=C/C=C/C2=[N+](CCCCS(=O)(=O)O)c3cc(-c4ccccc4)ccc3C2(C)C)C(C)(C)c2ccc(-c3ccccc3)cc21. The Hall–Kier alpha value is -4.55. The normalized spacial score (nSPS) is 16.7. The molecule has 0 fully saturated rings. The predicted octanol–water partition coefficient (Wildman–Crippen LogP) is 11.4. The molecule has 6 rings (SSSR count). The molecule has 0 bridgehead atoms. The van der Waals surface area contributed by atoms with Crippen LogP contribution in [-0.2, 0) is 35.2 Å². The molecule has 10 heteroatoms. The quantitative estimate of drug-likeness (QED) is 0.0190. The second-order valence-corrected chi connectivity index (χ2v) is 18.0. The number of hydrogen-bond acceptors (Lipinski definition) is 7. The van der Waals surface area contributed by atoms with Crippen molar-refractivity contribution in [2.45, 2.75) is 64.2 Å². The first-order valence-corrected chi connectivity index (χ1v) is 22.4. The van der Waals surface area contributed by atoms with Crippen LogP contribution in [0.3, 0.4) is 0 Å². The zero-order chi connectivity index (χ0) is 41.2. The fourth-order valence-corrected chi connectivity index (χ4v) is 9.08. The van der Waals surface area contributed by atoms with Crippen LogP contribution in [0.5, 0.6) is 0 Å². The minimum atomic E-state index is -4.01. The highest BCUT2D eigenvalue weighted by Crippen LogP contribution is 2.49. The van der Waals surface area contributed by atoms with E-state index in [1.54, 1.807) is 0 Å². The van der Waals surface area contributed by atoms with Crippen LogP contribution < -0.4 is 4.90 Å². The van der Waals surface area contributed by atoms with Gasteiger partial charge in [-0.3, -0.25) is 4.55 Å². The number of allylic oxidation sites excluding steroid dienone is 8. The van der Waals surface area contributed by atoms with E-state index >= 15 is 0 Å². The van der Waals surface area contributed by atoms with Gasteiger partial charge >= 0.3 is 0 Å². The van der Waals surface area contributed by atoms with Gasteiger partial charge in [0.05, 0.1) is 18.3 Å². The van der Waals surface area contributed by atoms with Gasteiger partial charge in [0.1, 0.15) is 6.54 Å². The van der Waals surface area contributed by atoms with E-state index in [2.05, 4.69) is 162 Å². The maximum absolute atomic E-state index is 11.5. The Morgan fingerprint density at radius 3 is 2.03 bits per heavy atom. The van der Waals surface area contributed by atoms with Gasteiger partial charge in [0.25, 0.3) is 10.1 Å². The van der Waals surface area contributed by atoms with E-state index in [0.29, 0.717) is 19.4 Å². The molecule has 304 valence electrons. The van der Waals surface area contributed by atoms with Gasteiger partial charge in [-0.25, -0.2) is 4.89 Å². The van der Waals surface area contributed by atoms with Crippen LogP contribution in [0, 0.1) is 0 Å². The molecule has 4 aromatic carbocycles. The molecule has 0 saturated heterocycles. The third-order valence-electron chi connectivity index (χ3n) is 11.0. The summed E-state index contributed by atoms with van der Waals surface area (Å²) in [5.41, 5.74) is 11.5. The molecule has 0 aromatic heterocycles. The van der Waals surface area contributed by atoms with Crippen LogP contribution >= 0.6 is 12.0 Å². The first-order valence-electron chi connectivity index (χ1n) is 19.9. The van der Waals surface area contributed by atoms with E-state index in [-0.39, 0.29) is 16.6 Å². The average Bonchev–Trinajstić information content (AvgIpc) is 3.56. The van der Waals surface area contributed by atoms with Crippen LogP contribution in [0.2, 0.25) is 0 Å². The molecule has 2 aliphatic rings. The number of rotatable bonds is 19. The Morgan fingerprint density at radius 2 is 1.36 bits per heavy atom. The molecule has 4 aromatic rings. The van der Waals surface area contributed by atoms with Crippen LogP contribution in [-0.4, -0.2) is 55.0 Å². The number of anilines is 1. The zero-order valence-corrected chi connectivity index (χ0v) is 35.8. The summed E-state index contributed by atoms with van der Waals surface area (Å²) in [5.74, 6) is 0.546. The summed E-state index contributed by atoms with van der Waals surface area (Å²) in [6, 6.07) is 34.3. The lowest BCUT2D eigenvalue weighted by molar-refractivity contribution is -0.447. The molecule has 0 saturated carbocycles. The summed E-state index contributed by atoms with van der Waals surface area (Å²) in [5, 5.41) is 4.54. The van der Waals surface area contributed by atoms with Gasteiger partial charge in [0, 0.05) is 65.3 Å². The van der Waals surface area contributed by atoms with Gasteiger partial charge in [0.15, 0.2) is 5.71 Å². The second-order valence-electron chi connectivity index (χ2n) is 15.6. The Balaban J connectivity index is 1.22. The molecule has 0 aliphatic carbocycles. The minimum absolute atomic E-state index is 0.187. The Morgan fingerprint density at radius 1 is 0.724 bits per heavy atom. The van der Waals surface area contributed by atoms with Gasteiger partial charge in [-0.05, 0) is 73.1 Å². The van der Waals surface area contributed by atoms with Crippen molar-refractivity contribution in [1.29, 1.82) is 0 Å². The van der Waals surface area contributed by atoms with Gasteiger partial charge in [0.2, 0.25) is 5.69 Å². The highest BCUT2D eigenvalue weighted by molar-refractivity contribution is 7.94. The van der Waals surface area contributed by atoms with Crippen molar-refractivity contribution in [2.24, 2.45) is 0 Å². The molecule has 58 heavy (non-hydrogen) atoms. The molecule has 2 aliphatic heterocycles. The smallest absolute Gasteiger partial charge is 0.264 e. The topological polar surface area (TPSA) is 88.3 Å². The number of hydrogen-bond donors (Lipinski definition) is 1. The highest BCUT2D eigenvalue weighted by atomic mass is 32.2. The molecular weight excluding hydrogens is 765 g/mol. The Labute approximate surface area is 349 Å². The lowest BCUT2D eigenvalue weighted by Crippen LogP contribution is -2.28. The van der Waals surface area contributed by atoms with E-state index < -0.39 is 10.1 Å². The van der Waals surface area contributed by atoms with E-state index in [1.807, 2.05) is 24.3 Å². The van der Waals surface area contributed by atoms with Gasteiger partial charge in [-0.15, -0.1) is 4.33 Å². The first kappa shape index (κ1) is 43.0. The number of benzene rings is 4. The standard InChI is InChI=1S/C48H54N2O6S2/c1-47(2)41-29-27-39(37-21-11-9-12-22-37)35-43(41)49(31-17-19-33-57-56-55-54-5)45(47)25-15-7-6-8-16-26-46-48(3,4)42-30-28-40(38-23-13-10-14-24-38)36-44(42)50(46)32-18-20-34-58(51,52)53/h6-16,21-30,35-36H,17-20,31-34H2,1-5H3/p+1. The number of unbranched alkanes of at least 4 members (excludes halogenated alkanes) is 2. The highest BCUT2D eigenvalue weighted by Gasteiger charge is 2.44. The van der Waals surface area contributed by atoms with Crippen molar-refractivity contribution >= 4 is 39.2 Å². The molecule has 0 amide bonds. The van der Waals surface area contributed by atoms with Crippen LogP contribution in [0.25, 0.3) is 22.3 Å². The zero-order valence-electron chi connectivity index (χ0n) is 34.1. The Kier molecular flexibility index (Phi) is 14.4. The number of fused-ring (bicyclic) bond motifs is 2. The Bertz CT molecular complexity index is 2290. The summed E-state index contributed by atoms with van der Waals surface area (Å²) >= 11 is 1.24. The maximum atomic E-state index is 11.5. The van der Waals surface area contributed by atoms with Crippen molar-refractivity contribution in [2.75, 3.05) is 36.6 Å². The fourth-order valence-electron chi connectivity index (χ4n) is 8.03. The summed E-state index contributed by atoms with van der Waals surface area (Å²) in [7, 11) is -2.59.